The molecule has 2 heterocycles. The Kier molecular flexibility index (Phi) is 4.66. The molecule has 0 spiro atoms. The van der Waals surface area contributed by atoms with Gasteiger partial charge >= 0.3 is 5.97 Å². The number of carboxylic acids is 1. The summed E-state index contributed by atoms with van der Waals surface area (Å²) in [6.45, 7) is 4.62. The molecule has 0 aliphatic carbocycles. The number of hydrogen-bond donors (Lipinski definition) is 2. The molecule has 0 unspecified atom stereocenters. The second-order valence-electron chi connectivity index (χ2n) is 5.88. The van der Waals surface area contributed by atoms with Gasteiger partial charge in [0.25, 0.3) is 5.56 Å². The number of hydrogen-bond acceptors (Lipinski definition) is 4. The van der Waals surface area contributed by atoms with E-state index in [1.165, 1.54) is 0 Å². The molecule has 3 rings (SSSR count). The summed E-state index contributed by atoms with van der Waals surface area (Å²) in [5, 5.41) is 13.4. The quantitative estimate of drug-likeness (QED) is 0.790. The van der Waals surface area contributed by atoms with Crippen LogP contribution in [-0.4, -0.2) is 34.3 Å². The van der Waals surface area contributed by atoms with Crippen LogP contribution in [-0.2, 0) is 11.3 Å². The van der Waals surface area contributed by atoms with Crippen molar-refractivity contribution >= 4 is 16.7 Å². The van der Waals surface area contributed by atoms with Crippen molar-refractivity contribution in [3.63, 3.8) is 0 Å². The van der Waals surface area contributed by atoms with Crippen molar-refractivity contribution in [1.82, 2.24) is 9.88 Å². The van der Waals surface area contributed by atoms with Gasteiger partial charge in [-0.05, 0) is 17.9 Å². The number of aliphatic carboxylic acids is 1. The number of rotatable bonds is 6. The molecule has 1 aliphatic rings. The molecule has 1 fully saturated rings. The fourth-order valence-electron chi connectivity index (χ4n) is 2.96. The summed E-state index contributed by atoms with van der Waals surface area (Å²) in [5.41, 5.74) is -0.106. The number of nitrogens with one attached hydrogen (secondary N) is 1. The number of aromatic nitrogens is 1. The van der Waals surface area contributed by atoms with E-state index < -0.39 is 12.0 Å². The van der Waals surface area contributed by atoms with E-state index in [-0.39, 0.29) is 11.7 Å². The molecule has 24 heavy (non-hydrogen) atoms. The summed E-state index contributed by atoms with van der Waals surface area (Å²) >= 11 is 0. The third-order valence-electron chi connectivity index (χ3n) is 4.21. The maximum absolute atomic E-state index is 12.7. The molecular formula is C18H20N2O4. The predicted molar refractivity (Wildman–Crippen MR) is 91.5 cm³/mol. The van der Waals surface area contributed by atoms with Gasteiger partial charge in [-0.1, -0.05) is 24.3 Å². The first-order chi connectivity index (χ1) is 11.6. The molecule has 6 heteroatoms. The first-order valence-electron chi connectivity index (χ1n) is 7.96. The molecule has 1 saturated heterocycles. The SMILES string of the molecule is C=CCCn1c(O[C@H]2CN[C@H](C(=O)O)C2)cc2ccccc2c1=O. The van der Waals surface area contributed by atoms with Gasteiger partial charge in [0.2, 0.25) is 0 Å². The van der Waals surface area contributed by atoms with Gasteiger partial charge < -0.3 is 15.2 Å². The van der Waals surface area contributed by atoms with Gasteiger partial charge in [0.15, 0.2) is 5.88 Å². The van der Waals surface area contributed by atoms with E-state index in [9.17, 15) is 9.59 Å². The van der Waals surface area contributed by atoms with Crippen molar-refractivity contribution in [3.05, 3.63) is 53.3 Å². The van der Waals surface area contributed by atoms with E-state index in [1.807, 2.05) is 24.3 Å². The average molecular weight is 328 g/mol. The Hall–Kier alpha value is -2.60. The average Bonchev–Trinajstić information content (AvgIpc) is 3.03. The fourth-order valence-corrected chi connectivity index (χ4v) is 2.96. The van der Waals surface area contributed by atoms with Crippen LogP contribution < -0.4 is 15.6 Å². The van der Waals surface area contributed by atoms with E-state index in [4.69, 9.17) is 9.84 Å². The van der Waals surface area contributed by atoms with E-state index >= 15 is 0 Å². The lowest BCUT2D eigenvalue weighted by Crippen LogP contribution is -2.30. The van der Waals surface area contributed by atoms with Crippen molar-refractivity contribution in [1.29, 1.82) is 0 Å². The number of ether oxygens (including phenoxy) is 1. The van der Waals surface area contributed by atoms with E-state index in [2.05, 4.69) is 11.9 Å². The zero-order valence-electron chi connectivity index (χ0n) is 13.3. The van der Waals surface area contributed by atoms with Gasteiger partial charge in [0, 0.05) is 31.0 Å². The Labute approximate surface area is 139 Å². The van der Waals surface area contributed by atoms with Crippen LogP contribution in [0.4, 0.5) is 0 Å². The summed E-state index contributed by atoms with van der Waals surface area (Å²) in [6.07, 6.45) is 2.50. The Morgan fingerprint density at radius 1 is 1.46 bits per heavy atom. The first kappa shape index (κ1) is 16.3. The summed E-state index contributed by atoms with van der Waals surface area (Å²) in [6, 6.07) is 8.60. The van der Waals surface area contributed by atoms with Crippen molar-refractivity contribution in [2.75, 3.05) is 6.54 Å². The van der Waals surface area contributed by atoms with Crippen molar-refractivity contribution < 1.29 is 14.6 Å². The van der Waals surface area contributed by atoms with Crippen LogP contribution in [0.25, 0.3) is 10.8 Å². The van der Waals surface area contributed by atoms with Crippen LogP contribution in [0.1, 0.15) is 12.8 Å². The molecule has 6 nitrogen and oxygen atoms in total. The molecule has 1 aromatic heterocycles. The number of carboxylic acid groups (broad SMARTS) is 1. The highest BCUT2D eigenvalue weighted by molar-refractivity contribution is 5.82. The molecule has 1 aliphatic heterocycles. The fraction of sp³-hybridized carbons (Fsp3) is 0.333. The van der Waals surface area contributed by atoms with Crippen LogP contribution in [0, 0.1) is 0 Å². The summed E-state index contributed by atoms with van der Waals surface area (Å²) in [5.74, 6) is -0.415. The second-order valence-corrected chi connectivity index (χ2v) is 5.88. The number of carbonyl (C=O) groups is 1. The van der Waals surface area contributed by atoms with Crippen LogP contribution in [0.5, 0.6) is 5.88 Å². The highest BCUT2D eigenvalue weighted by Gasteiger charge is 2.31. The van der Waals surface area contributed by atoms with Gasteiger partial charge in [0.1, 0.15) is 12.1 Å². The van der Waals surface area contributed by atoms with Crippen LogP contribution in [0.3, 0.4) is 0 Å². The number of pyridine rings is 1. The van der Waals surface area contributed by atoms with Crippen molar-refractivity contribution in [2.45, 2.75) is 31.5 Å². The molecule has 126 valence electrons. The van der Waals surface area contributed by atoms with Gasteiger partial charge in [-0.2, -0.15) is 0 Å². The maximum atomic E-state index is 12.7. The number of benzene rings is 1. The van der Waals surface area contributed by atoms with Crippen molar-refractivity contribution in [2.24, 2.45) is 0 Å². The third kappa shape index (κ3) is 3.19. The second kappa shape index (κ2) is 6.88. The van der Waals surface area contributed by atoms with E-state index in [0.29, 0.717) is 37.2 Å². The van der Waals surface area contributed by atoms with Crippen LogP contribution >= 0.6 is 0 Å². The monoisotopic (exact) mass is 328 g/mol. The number of fused-ring (bicyclic) bond motifs is 1. The third-order valence-corrected chi connectivity index (χ3v) is 4.21. The Balaban J connectivity index is 1.95. The number of allylic oxidation sites excluding steroid dienone is 1. The Bertz CT molecular complexity index is 827. The molecule has 2 atom stereocenters. The van der Waals surface area contributed by atoms with Crippen LogP contribution in [0.2, 0.25) is 0 Å². The largest absolute Gasteiger partial charge is 0.480 e. The molecule has 2 aromatic rings. The molecule has 0 radical (unpaired) electrons. The van der Waals surface area contributed by atoms with Gasteiger partial charge in [-0.15, -0.1) is 6.58 Å². The van der Waals surface area contributed by atoms with Gasteiger partial charge in [0.05, 0.1) is 0 Å². The van der Waals surface area contributed by atoms with E-state index in [0.717, 1.165) is 5.39 Å². The highest BCUT2D eigenvalue weighted by Crippen LogP contribution is 2.21. The normalized spacial score (nSPS) is 20.2. The summed E-state index contributed by atoms with van der Waals surface area (Å²) < 4.78 is 7.57. The lowest BCUT2D eigenvalue weighted by atomic mass is 10.1. The smallest absolute Gasteiger partial charge is 0.320 e. The minimum absolute atomic E-state index is 0.106. The lowest BCUT2D eigenvalue weighted by molar-refractivity contribution is -0.139. The topological polar surface area (TPSA) is 80.6 Å². The van der Waals surface area contributed by atoms with Gasteiger partial charge in [-0.25, -0.2) is 0 Å². The standard InChI is InChI=1S/C18H20N2O4/c1-2-3-8-20-16(24-13-10-15(18(22)23)19-11-13)9-12-6-4-5-7-14(12)17(20)21/h2,4-7,9,13,15,19H,1,3,8,10-11H2,(H,22,23)/t13-,15+/m1/s1. The predicted octanol–water partition coefficient (Wildman–Crippen LogP) is 1.77. The molecule has 0 amide bonds. The molecule has 1 aromatic carbocycles. The molecule has 0 bridgehead atoms. The first-order valence-corrected chi connectivity index (χ1v) is 7.96. The molecule has 2 N–H and O–H groups in total. The molecule has 0 saturated carbocycles. The van der Waals surface area contributed by atoms with Crippen molar-refractivity contribution in [3.8, 4) is 5.88 Å². The molecular weight excluding hydrogens is 308 g/mol. The minimum atomic E-state index is -0.886. The minimum Gasteiger partial charge on any atom is -0.480 e. The maximum Gasteiger partial charge on any atom is 0.320 e. The zero-order valence-corrected chi connectivity index (χ0v) is 13.3. The Morgan fingerprint density at radius 2 is 2.25 bits per heavy atom. The van der Waals surface area contributed by atoms with Crippen LogP contribution in [0.15, 0.2) is 47.8 Å². The van der Waals surface area contributed by atoms with E-state index in [1.54, 1.807) is 16.7 Å². The lowest BCUT2D eigenvalue weighted by Gasteiger charge is -2.18. The number of nitrogens with zero attached hydrogens (tertiary/aromatic N) is 1. The summed E-state index contributed by atoms with van der Waals surface area (Å²) in [7, 11) is 0. The Morgan fingerprint density at radius 3 is 2.96 bits per heavy atom. The summed E-state index contributed by atoms with van der Waals surface area (Å²) in [4.78, 5) is 23.8. The van der Waals surface area contributed by atoms with Gasteiger partial charge in [-0.3, -0.25) is 14.2 Å². The highest BCUT2D eigenvalue weighted by atomic mass is 16.5. The zero-order chi connectivity index (χ0) is 17.1.